The van der Waals surface area contributed by atoms with Gasteiger partial charge in [0.2, 0.25) is 0 Å². The van der Waals surface area contributed by atoms with Gasteiger partial charge in [0.05, 0.1) is 11.1 Å². The highest BCUT2D eigenvalue weighted by molar-refractivity contribution is 9.10. The number of rotatable bonds is 8. The van der Waals surface area contributed by atoms with E-state index in [0.717, 1.165) is 21.3 Å². The van der Waals surface area contributed by atoms with Gasteiger partial charge in [0.25, 0.3) is 0 Å². The molecule has 0 aliphatic rings. The van der Waals surface area contributed by atoms with Crippen LogP contribution in [0.3, 0.4) is 0 Å². The lowest BCUT2D eigenvalue weighted by atomic mass is 10.2. The molecule has 3 rings (SSSR count). The van der Waals surface area contributed by atoms with Crippen LogP contribution in [0.15, 0.2) is 65.1 Å². The molecule has 2 N–H and O–H groups in total. The van der Waals surface area contributed by atoms with Gasteiger partial charge in [0.1, 0.15) is 18.2 Å². The van der Waals surface area contributed by atoms with E-state index in [-0.39, 0.29) is 11.6 Å². The number of anilines is 1. The number of phenolic OH excluding ortho intramolecular Hbond substituents is 1. The highest BCUT2D eigenvalue weighted by Crippen LogP contribution is 2.37. The minimum atomic E-state index is -0.273. The van der Waals surface area contributed by atoms with Gasteiger partial charge < -0.3 is 19.9 Å². The Morgan fingerprint density at radius 2 is 1.68 bits per heavy atom. The van der Waals surface area contributed by atoms with Crippen LogP contribution in [-0.4, -0.2) is 11.7 Å². The van der Waals surface area contributed by atoms with Crippen LogP contribution in [-0.2, 0) is 13.2 Å². The summed E-state index contributed by atoms with van der Waals surface area (Å²) in [4.78, 5) is 0. The second kappa shape index (κ2) is 9.46. The molecule has 0 amide bonds. The number of ether oxygens (including phenoxy) is 2. The minimum absolute atomic E-state index is 0.231. The molecular formula is C22H21BrFNO3. The molecule has 0 saturated heterocycles. The average molecular weight is 446 g/mol. The molecule has 0 unspecified atom stereocenters. The van der Waals surface area contributed by atoms with Gasteiger partial charge in [0.15, 0.2) is 11.5 Å². The summed E-state index contributed by atoms with van der Waals surface area (Å²) in [5.74, 6) is 1.21. The summed E-state index contributed by atoms with van der Waals surface area (Å²) < 4.78 is 25.5. The Kier molecular flexibility index (Phi) is 6.76. The van der Waals surface area contributed by atoms with Gasteiger partial charge in [0, 0.05) is 12.2 Å². The van der Waals surface area contributed by atoms with Crippen molar-refractivity contribution in [1.29, 1.82) is 0 Å². The zero-order valence-electron chi connectivity index (χ0n) is 15.4. The van der Waals surface area contributed by atoms with Crippen molar-refractivity contribution in [2.75, 3.05) is 11.9 Å². The molecule has 0 aliphatic heterocycles. The number of hydrogen-bond acceptors (Lipinski definition) is 4. The molecule has 146 valence electrons. The van der Waals surface area contributed by atoms with Crippen molar-refractivity contribution >= 4 is 21.6 Å². The molecule has 0 aliphatic carbocycles. The van der Waals surface area contributed by atoms with Crippen molar-refractivity contribution in [1.82, 2.24) is 0 Å². The van der Waals surface area contributed by atoms with Crippen LogP contribution >= 0.6 is 15.9 Å². The second-order valence-corrected chi connectivity index (χ2v) is 7.01. The van der Waals surface area contributed by atoms with E-state index in [2.05, 4.69) is 21.2 Å². The first kappa shape index (κ1) is 20.0. The Morgan fingerprint density at radius 1 is 0.964 bits per heavy atom. The fourth-order valence-corrected chi connectivity index (χ4v) is 3.25. The SMILES string of the molecule is CCOc1cc(CNc2ccc(O)cc2)cc(Br)c1OCc1ccc(F)cc1. The highest BCUT2D eigenvalue weighted by Gasteiger charge is 2.13. The molecule has 3 aromatic carbocycles. The number of nitrogens with one attached hydrogen (secondary N) is 1. The largest absolute Gasteiger partial charge is 0.508 e. The van der Waals surface area contributed by atoms with Crippen molar-refractivity contribution in [2.45, 2.75) is 20.1 Å². The predicted molar refractivity (Wildman–Crippen MR) is 111 cm³/mol. The third-order valence-corrected chi connectivity index (χ3v) is 4.62. The van der Waals surface area contributed by atoms with Crippen LogP contribution in [0.1, 0.15) is 18.1 Å². The normalized spacial score (nSPS) is 10.5. The summed E-state index contributed by atoms with van der Waals surface area (Å²) in [5.41, 5.74) is 2.79. The van der Waals surface area contributed by atoms with E-state index < -0.39 is 0 Å². The Labute approximate surface area is 172 Å². The third-order valence-electron chi connectivity index (χ3n) is 4.03. The van der Waals surface area contributed by atoms with Crippen molar-refractivity contribution in [2.24, 2.45) is 0 Å². The summed E-state index contributed by atoms with van der Waals surface area (Å²) in [6.07, 6.45) is 0. The Hall–Kier alpha value is -2.73. The summed E-state index contributed by atoms with van der Waals surface area (Å²) in [6, 6.07) is 17.0. The lowest BCUT2D eigenvalue weighted by Crippen LogP contribution is -2.04. The average Bonchev–Trinajstić information content (AvgIpc) is 2.68. The number of hydrogen-bond donors (Lipinski definition) is 2. The van der Waals surface area contributed by atoms with Crippen molar-refractivity contribution in [3.8, 4) is 17.2 Å². The maximum Gasteiger partial charge on any atom is 0.175 e. The lowest BCUT2D eigenvalue weighted by molar-refractivity contribution is 0.267. The van der Waals surface area contributed by atoms with Crippen LogP contribution in [0.2, 0.25) is 0 Å². The van der Waals surface area contributed by atoms with Gasteiger partial charge in [-0.1, -0.05) is 12.1 Å². The molecule has 0 heterocycles. The molecule has 0 bridgehead atoms. The fraction of sp³-hybridized carbons (Fsp3) is 0.182. The number of halogens is 2. The van der Waals surface area contributed by atoms with Crippen LogP contribution in [0.4, 0.5) is 10.1 Å². The van der Waals surface area contributed by atoms with Gasteiger partial charge >= 0.3 is 0 Å². The van der Waals surface area contributed by atoms with E-state index >= 15 is 0 Å². The van der Waals surface area contributed by atoms with Gasteiger partial charge in [-0.2, -0.15) is 0 Å². The first-order valence-corrected chi connectivity index (χ1v) is 9.70. The Bertz CT molecular complexity index is 914. The van der Waals surface area contributed by atoms with Crippen LogP contribution in [0.5, 0.6) is 17.2 Å². The predicted octanol–water partition coefficient (Wildman–Crippen LogP) is 5.88. The van der Waals surface area contributed by atoms with Crippen LogP contribution in [0, 0.1) is 5.82 Å². The monoisotopic (exact) mass is 445 g/mol. The topological polar surface area (TPSA) is 50.7 Å². The summed E-state index contributed by atoms with van der Waals surface area (Å²) in [5, 5.41) is 12.7. The summed E-state index contributed by atoms with van der Waals surface area (Å²) in [7, 11) is 0. The molecule has 0 atom stereocenters. The number of aromatic hydroxyl groups is 1. The molecule has 0 fully saturated rings. The number of benzene rings is 3. The third kappa shape index (κ3) is 5.39. The van der Waals surface area contributed by atoms with E-state index in [1.165, 1.54) is 12.1 Å². The molecule has 28 heavy (non-hydrogen) atoms. The maximum atomic E-state index is 13.1. The Balaban J connectivity index is 1.73. The van der Waals surface area contributed by atoms with Gasteiger partial charge in [-0.3, -0.25) is 0 Å². The summed E-state index contributed by atoms with van der Waals surface area (Å²) >= 11 is 3.56. The van der Waals surface area contributed by atoms with E-state index in [4.69, 9.17) is 9.47 Å². The summed E-state index contributed by atoms with van der Waals surface area (Å²) in [6.45, 7) is 3.32. The van der Waals surface area contributed by atoms with E-state index in [1.54, 1.807) is 24.3 Å². The van der Waals surface area contributed by atoms with Crippen molar-refractivity contribution < 1.29 is 19.0 Å². The molecule has 0 radical (unpaired) electrons. The van der Waals surface area contributed by atoms with E-state index in [9.17, 15) is 9.50 Å². The van der Waals surface area contributed by atoms with E-state index in [1.807, 2.05) is 31.2 Å². The zero-order chi connectivity index (χ0) is 19.9. The lowest BCUT2D eigenvalue weighted by Gasteiger charge is -2.16. The standard InChI is InChI=1S/C22H21BrFNO3/c1-2-27-21-12-16(13-25-18-7-9-19(26)10-8-18)11-20(23)22(21)28-14-15-3-5-17(24)6-4-15/h3-12,25-26H,2,13-14H2,1H3. The molecule has 0 saturated carbocycles. The number of phenols is 1. The van der Waals surface area contributed by atoms with Gasteiger partial charge in [-0.05, 0) is 82.5 Å². The molecular weight excluding hydrogens is 425 g/mol. The smallest absolute Gasteiger partial charge is 0.175 e. The van der Waals surface area contributed by atoms with Gasteiger partial charge in [-0.15, -0.1) is 0 Å². The van der Waals surface area contributed by atoms with Crippen molar-refractivity contribution in [3.05, 3.63) is 82.1 Å². The van der Waals surface area contributed by atoms with Crippen molar-refractivity contribution in [3.63, 3.8) is 0 Å². The molecule has 0 aromatic heterocycles. The molecule has 3 aromatic rings. The zero-order valence-corrected chi connectivity index (χ0v) is 17.0. The first-order chi connectivity index (χ1) is 13.5. The molecule has 4 nitrogen and oxygen atoms in total. The minimum Gasteiger partial charge on any atom is -0.508 e. The molecule has 6 heteroatoms. The van der Waals surface area contributed by atoms with Gasteiger partial charge in [-0.25, -0.2) is 4.39 Å². The quantitative estimate of drug-likeness (QED) is 0.424. The second-order valence-electron chi connectivity index (χ2n) is 6.15. The fourth-order valence-electron chi connectivity index (χ4n) is 2.65. The first-order valence-electron chi connectivity index (χ1n) is 8.90. The van der Waals surface area contributed by atoms with Crippen LogP contribution < -0.4 is 14.8 Å². The highest BCUT2D eigenvalue weighted by atomic mass is 79.9. The van der Waals surface area contributed by atoms with E-state index in [0.29, 0.717) is 31.3 Å². The maximum absolute atomic E-state index is 13.1. The Morgan fingerprint density at radius 3 is 2.36 bits per heavy atom. The van der Waals surface area contributed by atoms with Crippen LogP contribution in [0.25, 0.3) is 0 Å². The molecule has 0 spiro atoms.